The van der Waals surface area contributed by atoms with Crippen molar-refractivity contribution in [2.24, 2.45) is 10.9 Å². The fourth-order valence-corrected chi connectivity index (χ4v) is 3.52. The van der Waals surface area contributed by atoms with Crippen LogP contribution in [0, 0.1) is 5.92 Å². The van der Waals surface area contributed by atoms with Crippen LogP contribution in [0.4, 0.5) is 5.82 Å². The second kappa shape index (κ2) is 9.40. The number of aromatic nitrogens is 1. The maximum Gasteiger partial charge on any atom is 0.194 e. The minimum atomic E-state index is 0.601. The van der Waals surface area contributed by atoms with Crippen LogP contribution < -0.4 is 10.2 Å². The number of nitrogens with one attached hydrogen (secondary N) is 1. The van der Waals surface area contributed by atoms with Gasteiger partial charge in [-0.3, -0.25) is 0 Å². The Morgan fingerprint density at radius 2 is 2.00 bits per heavy atom. The number of rotatable bonds is 6. The third-order valence-corrected chi connectivity index (χ3v) is 4.93. The number of likely N-dealkylation sites (tertiary alicyclic amines) is 1. The van der Waals surface area contributed by atoms with Crippen LogP contribution in [0.25, 0.3) is 0 Å². The standard InChI is InChI=1S/C22H31N5/c1-4-23-22(24-16-20-11-8-12-21(25-20)26(2)3)27-14-13-19(17-27)15-18-9-6-5-7-10-18/h5-12,19H,4,13-17H2,1-3H3,(H,23,24). The van der Waals surface area contributed by atoms with E-state index in [4.69, 9.17) is 4.99 Å². The molecule has 5 nitrogen and oxygen atoms in total. The SMILES string of the molecule is CCNC(=NCc1cccc(N(C)C)n1)N1CCC(Cc2ccccc2)C1. The predicted octanol–water partition coefficient (Wildman–Crippen LogP) is 3.18. The van der Waals surface area contributed by atoms with Crippen molar-refractivity contribution in [1.29, 1.82) is 0 Å². The summed E-state index contributed by atoms with van der Waals surface area (Å²) in [6.45, 7) is 5.73. The highest BCUT2D eigenvalue weighted by molar-refractivity contribution is 5.80. The van der Waals surface area contributed by atoms with Crippen molar-refractivity contribution in [2.75, 3.05) is 38.6 Å². The van der Waals surface area contributed by atoms with Gasteiger partial charge in [-0.15, -0.1) is 0 Å². The largest absolute Gasteiger partial charge is 0.363 e. The number of aliphatic imine (C=N–C) groups is 1. The van der Waals surface area contributed by atoms with Gasteiger partial charge < -0.3 is 15.1 Å². The highest BCUT2D eigenvalue weighted by Crippen LogP contribution is 2.21. The molecule has 0 bridgehead atoms. The van der Waals surface area contributed by atoms with Gasteiger partial charge in [0, 0.05) is 33.7 Å². The Hall–Kier alpha value is -2.56. The second-order valence-corrected chi connectivity index (χ2v) is 7.34. The molecule has 0 spiro atoms. The summed E-state index contributed by atoms with van der Waals surface area (Å²) in [4.78, 5) is 13.9. The molecule has 1 aromatic carbocycles. The maximum absolute atomic E-state index is 4.86. The Balaban J connectivity index is 1.63. The molecule has 1 N–H and O–H groups in total. The van der Waals surface area contributed by atoms with E-state index in [-0.39, 0.29) is 0 Å². The van der Waals surface area contributed by atoms with Crippen molar-refractivity contribution in [2.45, 2.75) is 26.3 Å². The lowest BCUT2D eigenvalue weighted by Crippen LogP contribution is -2.40. The van der Waals surface area contributed by atoms with Crippen molar-refractivity contribution in [3.05, 3.63) is 59.8 Å². The van der Waals surface area contributed by atoms with E-state index in [1.165, 1.54) is 12.0 Å². The highest BCUT2D eigenvalue weighted by atomic mass is 15.3. The number of hydrogen-bond acceptors (Lipinski definition) is 3. The molecule has 1 unspecified atom stereocenters. The molecule has 1 aliphatic rings. The summed E-state index contributed by atoms with van der Waals surface area (Å²) in [5.74, 6) is 2.66. The van der Waals surface area contributed by atoms with Crippen molar-refractivity contribution in [3.63, 3.8) is 0 Å². The fraction of sp³-hybridized carbons (Fsp3) is 0.455. The molecule has 1 saturated heterocycles. The first-order valence-corrected chi connectivity index (χ1v) is 9.86. The van der Waals surface area contributed by atoms with Gasteiger partial charge in [-0.05, 0) is 43.4 Å². The van der Waals surface area contributed by atoms with Gasteiger partial charge >= 0.3 is 0 Å². The smallest absolute Gasteiger partial charge is 0.194 e. The minimum Gasteiger partial charge on any atom is -0.363 e. The summed E-state index contributed by atoms with van der Waals surface area (Å²) in [5, 5.41) is 3.45. The fourth-order valence-electron chi connectivity index (χ4n) is 3.52. The summed E-state index contributed by atoms with van der Waals surface area (Å²) < 4.78 is 0. The molecule has 2 aromatic rings. The van der Waals surface area contributed by atoms with Crippen LogP contribution in [0.2, 0.25) is 0 Å². The molecule has 1 aliphatic heterocycles. The molecule has 0 amide bonds. The lowest BCUT2D eigenvalue weighted by Gasteiger charge is -2.22. The Kier molecular flexibility index (Phi) is 6.69. The number of hydrogen-bond donors (Lipinski definition) is 1. The molecule has 1 aromatic heterocycles. The van der Waals surface area contributed by atoms with Gasteiger partial charge in [0.2, 0.25) is 0 Å². The van der Waals surface area contributed by atoms with Gasteiger partial charge in [-0.2, -0.15) is 0 Å². The summed E-state index contributed by atoms with van der Waals surface area (Å²) in [7, 11) is 4.02. The molecule has 1 atom stereocenters. The van der Waals surface area contributed by atoms with E-state index < -0.39 is 0 Å². The molecule has 3 rings (SSSR count). The summed E-state index contributed by atoms with van der Waals surface area (Å²) in [5.41, 5.74) is 2.42. The van der Waals surface area contributed by atoms with Crippen LogP contribution in [-0.4, -0.2) is 49.6 Å². The number of guanidine groups is 1. The van der Waals surface area contributed by atoms with E-state index in [9.17, 15) is 0 Å². The molecule has 2 heterocycles. The topological polar surface area (TPSA) is 43.8 Å². The Morgan fingerprint density at radius 1 is 1.19 bits per heavy atom. The van der Waals surface area contributed by atoms with E-state index >= 15 is 0 Å². The zero-order valence-corrected chi connectivity index (χ0v) is 16.7. The van der Waals surface area contributed by atoms with E-state index in [2.05, 4.69) is 52.5 Å². The van der Waals surface area contributed by atoms with Crippen LogP contribution in [0.5, 0.6) is 0 Å². The van der Waals surface area contributed by atoms with E-state index in [0.717, 1.165) is 43.5 Å². The normalized spacial score (nSPS) is 17.2. The first-order chi connectivity index (χ1) is 13.2. The summed E-state index contributed by atoms with van der Waals surface area (Å²) in [6.07, 6.45) is 2.36. The Labute approximate surface area is 163 Å². The quantitative estimate of drug-likeness (QED) is 0.631. The molecule has 1 fully saturated rings. The van der Waals surface area contributed by atoms with Crippen LogP contribution in [-0.2, 0) is 13.0 Å². The van der Waals surface area contributed by atoms with Gasteiger partial charge in [-0.1, -0.05) is 36.4 Å². The third kappa shape index (κ3) is 5.46. The summed E-state index contributed by atoms with van der Waals surface area (Å²) in [6, 6.07) is 16.9. The molecule has 0 saturated carbocycles. The number of pyridine rings is 1. The monoisotopic (exact) mass is 365 g/mol. The molecule has 0 aliphatic carbocycles. The molecule has 5 heteroatoms. The zero-order valence-electron chi connectivity index (χ0n) is 16.7. The Bertz CT molecular complexity index is 741. The van der Waals surface area contributed by atoms with Crippen molar-refractivity contribution in [3.8, 4) is 0 Å². The number of nitrogens with zero attached hydrogens (tertiary/aromatic N) is 4. The molecule has 27 heavy (non-hydrogen) atoms. The molecule has 0 radical (unpaired) electrons. The number of anilines is 1. The van der Waals surface area contributed by atoms with Gasteiger partial charge in [0.05, 0.1) is 12.2 Å². The third-order valence-electron chi connectivity index (χ3n) is 4.93. The Morgan fingerprint density at radius 3 is 2.74 bits per heavy atom. The number of benzene rings is 1. The first kappa shape index (κ1) is 19.2. The van der Waals surface area contributed by atoms with E-state index in [0.29, 0.717) is 12.5 Å². The van der Waals surface area contributed by atoms with Gasteiger partial charge in [0.1, 0.15) is 5.82 Å². The predicted molar refractivity (Wildman–Crippen MR) is 113 cm³/mol. The van der Waals surface area contributed by atoms with Crippen LogP contribution in [0.3, 0.4) is 0 Å². The van der Waals surface area contributed by atoms with Crippen LogP contribution in [0.1, 0.15) is 24.6 Å². The van der Waals surface area contributed by atoms with Gasteiger partial charge in [0.15, 0.2) is 5.96 Å². The minimum absolute atomic E-state index is 0.601. The van der Waals surface area contributed by atoms with Gasteiger partial charge in [0.25, 0.3) is 0 Å². The molecular weight excluding hydrogens is 334 g/mol. The van der Waals surface area contributed by atoms with E-state index in [1.54, 1.807) is 0 Å². The first-order valence-electron chi connectivity index (χ1n) is 9.86. The zero-order chi connectivity index (χ0) is 19.1. The van der Waals surface area contributed by atoms with Crippen molar-refractivity contribution in [1.82, 2.24) is 15.2 Å². The average molecular weight is 366 g/mol. The molecular formula is C22H31N5. The lowest BCUT2D eigenvalue weighted by atomic mass is 9.99. The van der Waals surface area contributed by atoms with Crippen molar-refractivity contribution < 1.29 is 0 Å². The van der Waals surface area contributed by atoms with Crippen LogP contribution >= 0.6 is 0 Å². The van der Waals surface area contributed by atoms with Crippen molar-refractivity contribution >= 4 is 11.8 Å². The van der Waals surface area contributed by atoms with Gasteiger partial charge in [-0.25, -0.2) is 9.98 Å². The second-order valence-electron chi connectivity index (χ2n) is 7.34. The lowest BCUT2D eigenvalue weighted by molar-refractivity contribution is 0.460. The van der Waals surface area contributed by atoms with E-state index in [1.807, 2.05) is 37.2 Å². The summed E-state index contributed by atoms with van der Waals surface area (Å²) >= 11 is 0. The molecule has 144 valence electrons. The highest BCUT2D eigenvalue weighted by Gasteiger charge is 2.24. The maximum atomic E-state index is 4.86. The van der Waals surface area contributed by atoms with Crippen LogP contribution in [0.15, 0.2) is 53.5 Å². The average Bonchev–Trinajstić information content (AvgIpc) is 3.14.